The molecule has 1 rings (SSSR count). The molecule has 0 aliphatic heterocycles. The molecule has 1 aliphatic rings. The van der Waals surface area contributed by atoms with Crippen LogP contribution in [-0.2, 0) is 14.4 Å². The van der Waals surface area contributed by atoms with E-state index in [1.165, 1.54) is 0 Å². The second-order valence-electron chi connectivity index (χ2n) is 6.15. The van der Waals surface area contributed by atoms with E-state index in [0.29, 0.717) is 0 Å². The van der Waals surface area contributed by atoms with E-state index in [2.05, 4.69) is 10.5 Å². The molecule has 0 radical (unpaired) electrons. The number of carbonyl (C=O) groups excluding carboxylic acids is 2. The predicted molar refractivity (Wildman–Crippen MR) is 78.5 cm³/mol. The largest absolute Gasteiger partial charge is 0.444 e. The first-order valence-corrected chi connectivity index (χ1v) is 7.28. The zero-order valence-electron chi connectivity index (χ0n) is 13.0. The summed E-state index contributed by atoms with van der Waals surface area (Å²) < 4.78 is 5.07. The molecule has 120 valence electrons. The number of nitrogens with zero attached hydrogens (tertiary/aromatic N) is 1. The Labute approximate surface area is 125 Å². The SMILES string of the molecule is CC(C)(C)OC(=O)NCC/C(N)=N\OC(=O)C1CCCC1. The van der Waals surface area contributed by atoms with Crippen molar-refractivity contribution in [2.75, 3.05) is 6.54 Å². The van der Waals surface area contributed by atoms with Crippen LogP contribution < -0.4 is 11.1 Å². The number of amidine groups is 1. The number of nitrogens with two attached hydrogens (primary N) is 1. The van der Waals surface area contributed by atoms with Gasteiger partial charge in [-0.15, -0.1) is 0 Å². The van der Waals surface area contributed by atoms with Gasteiger partial charge < -0.3 is 20.6 Å². The van der Waals surface area contributed by atoms with Gasteiger partial charge in [0.15, 0.2) is 0 Å². The molecule has 1 aliphatic carbocycles. The maximum absolute atomic E-state index is 11.6. The van der Waals surface area contributed by atoms with Gasteiger partial charge in [-0.05, 0) is 33.6 Å². The molecule has 3 N–H and O–H groups in total. The average molecular weight is 299 g/mol. The summed E-state index contributed by atoms with van der Waals surface area (Å²) in [6, 6.07) is 0. The number of carbonyl (C=O) groups is 2. The fourth-order valence-corrected chi connectivity index (χ4v) is 1.99. The maximum Gasteiger partial charge on any atom is 0.407 e. The summed E-state index contributed by atoms with van der Waals surface area (Å²) in [5.74, 6) is -0.214. The molecule has 7 nitrogen and oxygen atoms in total. The van der Waals surface area contributed by atoms with Gasteiger partial charge in [0.1, 0.15) is 11.4 Å². The average Bonchev–Trinajstić information content (AvgIpc) is 2.87. The highest BCUT2D eigenvalue weighted by Crippen LogP contribution is 2.25. The van der Waals surface area contributed by atoms with E-state index in [-0.39, 0.29) is 30.7 Å². The standard InChI is InChI=1S/C14H25N3O4/c1-14(2,3)20-13(19)16-9-8-11(15)17-21-12(18)10-6-4-5-7-10/h10H,4-9H2,1-3H3,(H2,15,17)(H,16,19). The molecule has 1 fully saturated rings. The number of hydrogen-bond donors (Lipinski definition) is 2. The van der Waals surface area contributed by atoms with Crippen LogP contribution in [0.25, 0.3) is 0 Å². The van der Waals surface area contributed by atoms with E-state index >= 15 is 0 Å². The highest BCUT2D eigenvalue weighted by atomic mass is 16.7. The van der Waals surface area contributed by atoms with Gasteiger partial charge in [0.05, 0.1) is 5.92 Å². The van der Waals surface area contributed by atoms with Gasteiger partial charge >= 0.3 is 12.1 Å². The van der Waals surface area contributed by atoms with Gasteiger partial charge in [0.25, 0.3) is 0 Å². The van der Waals surface area contributed by atoms with E-state index in [1.54, 1.807) is 20.8 Å². The Kier molecular flexibility index (Phi) is 6.45. The molecule has 0 saturated heterocycles. The topological polar surface area (TPSA) is 103 Å². The van der Waals surface area contributed by atoms with Crippen molar-refractivity contribution in [3.63, 3.8) is 0 Å². The second-order valence-corrected chi connectivity index (χ2v) is 6.15. The third-order valence-corrected chi connectivity index (χ3v) is 2.99. The summed E-state index contributed by atoms with van der Waals surface area (Å²) >= 11 is 0. The quantitative estimate of drug-likeness (QED) is 0.349. The van der Waals surface area contributed by atoms with E-state index in [4.69, 9.17) is 15.3 Å². The molecule has 0 bridgehead atoms. The fourth-order valence-electron chi connectivity index (χ4n) is 1.99. The molecule has 0 spiro atoms. The minimum absolute atomic E-state index is 0.0542. The molecule has 0 heterocycles. The van der Waals surface area contributed by atoms with Crippen molar-refractivity contribution in [3.05, 3.63) is 0 Å². The molecular formula is C14H25N3O4. The molecule has 0 aromatic heterocycles. The van der Waals surface area contributed by atoms with Crippen LogP contribution in [0.3, 0.4) is 0 Å². The van der Waals surface area contributed by atoms with Crippen molar-refractivity contribution in [2.24, 2.45) is 16.8 Å². The summed E-state index contributed by atoms with van der Waals surface area (Å²) in [5, 5.41) is 6.14. The van der Waals surface area contributed by atoms with Crippen molar-refractivity contribution in [1.82, 2.24) is 5.32 Å². The maximum atomic E-state index is 11.6. The number of amides is 1. The number of alkyl carbamates (subject to hydrolysis) is 1. The van der Waals surface area contributed by atoms with Crippen LogP contribution in [0.5, 0.6) is 0 Å². The lowest BCUT2D eigenvalue weighted by Crippen LogP contribution is -2.34. The molecule has 1 saturated carbocycles. The van der Waals surface area contributed by atoms with Crippen molar-refractivity contribution in [2.45, 2.75) is 58.5 Å². The van der Waals surface area contributed by atoms with Gasteiger partial charge in [-0.2, -0.15) is 0 Å². The lowest BCUT2D eigenvalue weighted by molar-refractivity contribution is -0.148. The Morgan fingerprint density at radius 1 is 1.29 bits per heavy atom. The number of nitrogens with one attached hydrogen (secondary N) is 1. The predicted octanol–water partition coefficient (Wildman–Crippen LogP) is 1.91. The monoisotopic (exact) mass is 299 g/mol. The zero-order chi connectivity index (χ0) is 15.9. The zero-order valence-corrected chi connectivity index (χ0v) is 13.0. The Hall–Kier alpha value is -1.79. The highest BCUT2D eigenvalue weighted by molar-refractivity contribution is 5.82. The summed E-state index contributed by atoms with van der Waals surface area (Å²) in [5.41, 5.74) is 5.07. The molecule has 0 atom stereocenters. The van der Waals surface area contributed by atoms with Gasteiger partial charge in [0, 0.05) is 13.0 Å². The fraction of sp³-hybridized carbons (Fsp3) is 0.786. The molecule has 0 aromatic rings. The van der Waals surface area contributed by atoms with Crippen LogP contribution in [0.15, 0.2) is 5.16 Å². The van der Waals surface area contributed by atoms with Gasteiger partial charge in [-0.25, -0.2) is 9.59 Å². The van der Waals surface area contributed by atoms with E-state index in [0.717, 1.165) is 25.7 Å². The summed E-state index contributed by atoms with van der Waals surface area (Å²) in [7, 11) is 0. The van der Waals surface area contributed by atoms with Crippen molar-refractivity contribution >= 4 is 17.9 Å². The van der Waals surface area contributed by atoms with Gasteiger partial charge in [-0.3, -0.25) is 0 Å². The molecule has 7 heteroatoms. The van der Waals surface area contributed by atoms with E-state index in [9.17, 15) is 9.59 Å². The van der Waals surface area contributed by atoms with Crippen molar-refractivity contribution < 1.29 is 19.2 Å². The van der Waals surface area contributed by atoms with Gasteiger partial charge in [-0.1, -0.05) is 18.0 Å². The Morgan fingerprint density at radius 3 is 2.48 bits per heavy atom. The first-order chi connectivity index (χ1) is 9.78. The Morgan fingerprint density at radius 2 is 1.90 bits per heavy atom. The molecule has 1 amide bonds. The van der Waals surface area contributed by atoms with Crippen LogP contribution in [0.4, 0.5) is 4.79 Å². The van der Waals surface area contributed by atoms with E-state index in [1.807, 2.05) is 0 Å². The van der Waals surface area contributed by atoms with E-state index < -0.39 is 11.7 Å². The summed E-state index contributed by atoms with van der Waals surface area (Å²) in [6.07, 6.45) is 3.59. The third kappa shape index (κ3) is 7.53. The number of rotatable bonds is 5. The number of ether oxygens (including phenoxy) is 1. The van der Waals surface area contributed by atoms with Crippen LogP contribution >= 0.6 is 0 Å². The third-order valence-electron chi connectivity index (χ3n) is 2.99. The Bertz CT molecular complexity index is 396. The molecule has 21 heavy (non-hydrogen) atoms. The number of oxime groups is 1. The Balaban J connectivity index is 2.20. The molecule has 0 aromatic carbocycles. The second kappa shape index (κ2) is 7.85. The lowest BCUT2D eigenvalue weighted by Gasteiger charge is -2.19. The summed E-state index contributed by atoms with van der Waals surface area (Å²) in [6.45, 7) is 5.62. The first-order valence-electron chi connectivity index (χ1n) is 7.28. The molecular weight excluding hydrogens is 274 g/mol. The highest BCUT2D eigenvalue weighted by Gasteiger charge is 2.24. The normalized spacial score (nSPS) is 16.6. The number of hydrogen-bond acceptors (Lipinski definition) is 5. The van der Waals surface area contributed by atoms with Gasteiger partial charge in [0.2, 0.25) is 0 Å². The van der Waals surface area contributed by atoms with Crippen LogP contribution in [0, 0.1) is 5.92 Å². The van der Waals surface area contributed by atoms with Crippen LogP contribution in [-0.4, -0.2) is 30.0 Å². The van der Waals surface area contributed by atoms with Crippen LogP contribution in [0.1, 0.15) is 52.9 Å². The lowest BCUT2D eigenvalue weighted by atomic mass is 10.1. The smallest absolute Gasteiger partial charge is 0.407 e. The minimum atomic E-state index is -0.541. The molecule has 0 unspecified atom stereocenters. The van der Waals surface area contributed by atoms with Crippen molar-refractivity contribution in [3.8, 4) is 0 Å². The van der Waals surface area contributed by atoms with Crippen molar-refractivity contribution in [1.29, 1.82) is 0 Å². The summed E-state index contributed by atoms with van der Waals surface area (Å²) in [4.78, 5) is 27.8. The van der Waals surface area contributed by atoms with Crippen LogP contribution in [0.2, 0.25) is 0 Å². The minimum Gasteiger partial charge on any atom is -0.444 e. The first kappa shape index (κ1) is 17.3.